The molecule has 98 valence electrons. The lowest BCUT2D eigenvalue weighted by Crippen LogP contribution is -2.42. The van der Waals surface area contributed by atoms with E-state index >= 15 is 0 Å². The molecule has 3 nitrogen and oxygen atoms in total. The zero-order chi connectivity index (χ0) is 12.6. The fourth-order valence-corrected chi connectivity index (χ4v) is 2.20. The number of nitrogens with one attached hydrogen (secondary N) is 1. The van der Waals surface area contributed by atoms with E-state index in [4.69, 9.17) is 4.74 Å². The third kappa shape index (κ3) is 6.78. The van der Waals surface area contributed by atoms with Crippen LogP contribution >= 0.6 is 11.3 Å². The number of aliphatic hydroxyl groups is 1. The first-order valence-corrected chi connectivity index (χ1v) is 7.05. The summed E-state index contributed by atoms with van der Waals surface area (Å²) in [5.74, 6) is 0. The molecule has 0 aliphatic rings. The Hall–Kier alpha value is -0.420. The summed E-state index contributed by atoms with van der Waals surface area (Å²) >= 11 is 1.74. The Labute approximate surface area is 108 Å². The highest BCUT2D eigenvalue weighted by atomic mass is 32.1. The highest BCUT2D eigenvalue weighted by Crippen LogP contribution is 2.09. The van der Waals surface area contributed by atoms with E-state index < -0.39 is 5.60 Å². The number of thiophene rings is 1. The molecule has 0 saturated heterocycles. The topological polar surface area (TPSA) is 41.5 Å². The van der Waals surface area contributed by atoms with E-state index in [9.17, 15) is 5.11 Å². The average molecular weight is 257 g/mol. The molecule has 1 rings (SSSR count). The molecule has 0 aliphatic heterocycles. The van der Waals surface area contributed by atoms with Crippen LogP contribution in [-0.4, -0.2) is 37.0 Å². The number of hydrogen-bond acceptors (Lipinski definition) is 4. The maximum Gasteiger partial charge on any atom is 0.0975 e. The first-order valence-electron chi connectivity index (χ1n) is 6.17. The zero-order valence-electron chi connectivity index (χ0n) is 10.7. The lowest BCUT2D eigenvalue weighted by atomic mass is 10.1. The van der Waals surface area contributed by atoms with Crippen LogP contribution in [-0.2, 0) is 11.2 Å². The molecule has 0 fully saturated rings. The van der Waals surface area contributed by atoms with Crippen molar-refractivity contribution in [1.82, 2.24) is 5.32 Å². The summed E-state index contributed by atoms with van der Waals surface area (Å²) in [6, 6.07) is 4.15. The molecule has 0 radical (unpaired) electrons. The molecule has 1 atom stereocenters. The molecule has 1 aromatic heterocycles. The molecular formula is C13H23NO2S. The molecule has 0 spiro atoms. The molecule has 0 aliphatic carbocycles. The van der Waals surface area contributed by atoms with Crippen LogP contribution in [0.5, 0.6) is 0 Å². The molecule has 0 bridgehead atoms. The first kappa shape index (κ1) is 14.6. The summed E-state index contributed by atoms with van der Waals surface area (Å²) in [4.78, 5) is 1.33. The van der Waals surface area contributed by atoms with Crippen molar-refractivity contribution in [3.8, 4) is 0 Å². The first-order chi connectivity index (χ1) is 8.14. The zero-order valence-corrected chi connectivity index (χ0v) is 11.6. The molecule has 1 heterocycles. The van der Waals surface area contributed by atoms with Crippen LogP contribution in [0.15, 0.2) is 17.5 Å². The molecule has 2 N–H and O–H groups in total. The second-order valence-electron chi connectivity index (χ2n) is 4.56. The van der Waals surface area contributed by atoms with Crippen molar-refractivity contribution in [2.24, 2.45) is 0 Å². The molecule has 0 amide bonds. The third-order valence-corrected chi connectivity index (χ3v) is 3.35. The molecule has 0 saturated carbocycles. The molecule has 17 heavy (non-hydrogen) atoms. The quantitative estimate of drug-likeness (QED) is 0.665. The predicted molar refractivity (Wildman–Crippen MR) is 72.6 cm³/mol. The Morgan fingerprint density at radius 2 is 2.35 bits per heavy atom. The van der Waals surface area contributed by atoms with Gasteiger partial charge in [-0.2, -0.15) is 0 Å². The molecule has 4 heteroatoms. The fourth-order valence-electron chi connectivity index (χ4n) is 1.51. The van der Waals surface area contributed by atoms with Crippen LogP contribution in [0.2, 0.25) is 0 Å². The lowest BCUT2D eigenvalue weighted by Gasteiger charge is -2.23. The molecule has 1 unspecified atom stereocenters. The van der Waals surface area contributed by atoms with Crippen LogP contribution in [0, 0.1) is 0 Å². The van der Waals surface area contributed by atoms with Gasteiger partial charge in [-0.25, -0.2) is 0 Å². The van der Waals surface area contributed by atoms with Gasteiger partial charge in [0.25, 0.3) is 0 Å². The van der Waals surface area contributed by atoms with Crippen molar-refractivity contribution in [2.45, 2.75) is 32.3 Å². The van der Waals surface area contributed by atoms with E-state index in [0.29, 0.717) is 19.8 Å². The highest BCUT2D eigenvalue weighted by molar-refractivity contribution is 7.09. The maximum atomic E-state index is 10.0. The minimum absolute atomic E-state index is 0.384. The minimum atomic E-state index is -0.773. The van der Waals surface area contributed by atoms with Gasteiger partial charge in [0.2, 0.25) is 0 Å². The SMILES string of the molecule is CCCNCC(C)(O)COCCc1cccs1. The lowest BCUT2D eigenvalue weighted by molar-refractivity contribution is -0.0312. The normalized spacial score (nSPS) is 14.8. The summed E-state index contributed by atoms with van der Waals surface area (Å²) in [6.45, 7) is 6.49. The Balaban J connectivity index is 2.07. The van der Waals surface area contributed by atoms with Crippen molar-refractivity contribution in [3.63, 3.8) is 0 Å². The minimum Gasteiger partial charge on any atom is -0.386 e. The van der Waals surface area contributed by atoms with Crippen molar-refractivity contribution >= 4 is 11.3 Å². The van der Waals surface area contributed by atoms with Gasteiger partial charge >= 0.3 is 0 Å². The monoisotopic (exact) mass is 257 g/mol. The van der Waals surface area contributed by atoms with E-state index in [-0.39, 0.29) is 0 Å². The average Bonchev–Trinajstić information content (AvgIpc) is 2.77. The van der Waals surface area contributed by atoms with Crippen LogP contribution in [0.3, 0.4) is 0 Å². The van der Waals surface area contributed by atoms with Crippen LogP contribution in [0.1, 0.15) is 25.1 Å². The number of ether oxygens (including phenoxy) is 1. The summed E-state index contributed by atoms with van der Waals surface area (Å²) < 4.78 is 5.52. The van der Waals surface area contributed by atoms with Gasteiger partial charge in [0.05, 0.1) is 18.8 Å². The largest absolute Gasteiger partial charge is 0.386 e. The predicted octanol–water partition coefficient (Wildman–Crippen LogP) is 2.06. The summed E-state index contributed by atoms with van der Waals surface area (Å²) in [5.41, 5.74) is -0.773. The Kier molecular flexibility index (Phi) is 6.73. The third-order valence-electron chi connectivity index (χ3n) is 2.42. The van der Waals surface area contributed by atoms with Crippen LogP contribution in [0.25, 0.3) is 0 Å². The maximum absolute atomic E-state index is 10.0. The van der Waals surface area contributed by atoms with E-state index in [1.54, 1.807) is 18.3 Å². The van der Waals surface area contributed by atoms with Crippen LogP contribution in [0.4, 0.5) is 0 Å². The molecular weight excluding hydrogens is 234 g/mol. The van der Waals surface area contributed by atoms with Crippen molar-refractivity contribution in [2.75, 3.05) is 26.3 Å². The van der Waals surface area contributed by atoms with Gasteiger partial charge in [0, 0.05) is 17.8 Å². The summed E-state index contributed by atoms with van der Waals surface area (Å²) in [7, 11) is 0. The number of hydrogen-bond donors (Lipinski definition) is 2. The highest BCUT2D eigenvalue weighted by Gasteiger charge is 2.19. The van der Waals surface area contributed by atoms with Gasteiger partial charge < -0.3 is 15.2 Å². The van der Waals surface area contributed by atoms with Gasteiger partial charge in [-0.05, 0) is 31.3 Å². The van der Waals surface area contributed by atoms with Gasteiger partial charge in [-0.1, -0.05) is 13.0 Å². The van der Waals surface area contributed by atoms with Crippen molar-refractivity contribution < 1.29 is 9.84 Å². The Bertz CT molecular complexity index is 286. The summed E-state index contributed by atoms with van der Waals surface area (Å²) in [5, 5.41) is 15.3. The van der Waals surface area contributed by atoms with E-state index in [2.05, 4.69) is 23.7 Å². The van der Waals surface area contributed by atoms with Gasteiger partial charge in [0.15, 0.2) is 0 Å². The number of rotatable bonds is 9. The second kappa shape index (κ2) is 7.82. The smallest absolute Gasteiger partial charge is 0.0975 e. The van der Waals surface area contributed by atoms with Gasteiger partial charge in [0.1, 0.15) is 0 Å². The van der Waals surface area contributed by atoms with E-state index in [0.717, 1.165) is 19.4 Å². The van der Waals surface area contributed by atoms with Gasteiger partial charge in [-0.15, -0.1) is 11.3 Å². The second-order valence-corrected chi connectivity index (χ2v) is 5.59. The Morgan fingerprint density at radius 1 is 1.53 bits per heavy atom. The van der Waals surface area contributed by atoms with Gasteiger partial charge in [-0.3, -0.25) is 0 Å². The molecule has 0 aromatic carbocycles. The van der Waals surface area contributed by atoms with Crippen molar-refractivity contribution in [1.29, 1.82) is 0 Å². The summed E-state index contributed by atoms with van der Waals surface area (Å²) in [6.07, 6.45) is 2.01. The van der Waals surface area contributed by atoms with Crippen molar-refractivity contribution in [3.05, 3.63) is 22.4 Å². The fraction of sp³-hybridized carbons (Fsp3) is 0.692. The standard InChI is InChI=1S/C13H23NO2S/c1-3-7-14-10-13(2,15)11-16-8-6-12-5-4-9-17-12/h4-5,9,14-15H,3,6-8,10-11H2,1-2H3. The van der Waals surface area contributed by atoms with E-state index in [1.807, 2.05) is 6.07 Å². The van der Waals surface area contributed by atoms with Crippen LogP contribution < -0.4 is 5.32 Å². The Morgan fingerprint density at radius 3 is 3.00 bits per heavy atom. The van der Waals surface area contributed by atoms with E-state index in [1.165, 1.54) is 4.88 Å². The molecule has 1 aromatic rings.